The zero-order chi connectivity index (χ0) is 17.5. The van der Waals surface area contributed by atoms with E-state index in [1.54, 1.807) is 10.7 Å². The van der Waals surface area contributed by atoms with E-state index >= 15 is 0 Å². The van der Waals surface area contributed by atoms with Crippen molar-refractivity contribution in [3.63, 3.8) is 0 Å². The van der Waals surface area contributed by atoms with E-state index in [4.69, 9.17) is 9.15 Å². The first-order valence-corrected chi connectivity index (χ1v) is 8.37. The van der Waals surface area contributed by atoms with Gasteiger partial charge < -0.3 is 9.15 Å². The fraction of sp³-hybridized carbons (Fsp3) is 0.176. The first-order chi connectivity index (χ1) is 12.2. The average Bonchev–Trinajstić information content (AvgIpc) is 3.30. The van der Waals surface area contributed by atoms with Crippen molar-refractivity contribution in [2.45, 2.75) is 12.1 Å². The van der Waals surface area contributed by atoms with Gasteiger partial charge in [0.15, 0.2) is 6.61 Å². The smallest absolute Gasteiger partial charge is 0.375 e. The molecule has 0 spiro atoms. The van der Waals surface area contributed by atoms with Crippen molar-refractivity contribution in [3.05, 3.63) is 54.0 Å². The molecule has 2 aromatic heterocycles. The summed E-state index contributed by atoms with van der Waals surface area (Å²) in [6.07, 6.45) is 1.41. The lowest BCUT2D eigenvalue weighted by atomic mass is 10.2. The number of hydrogen-bond acceptors (Lipinski definition) is 7. The monoisotopic (exact) mass is 354 g/mol. The van der Waals surface area contributed by atoms with E-state index in [0.29, 0.717) is 10.9 Å². The Morgan fingerprint density at radius 3 is 2.88 bits per heavy atom. The molecule has 0 radical (unpaired) electrons. The second kappa shape index (κ2) is 8.17. The van der Waals surface area contributed by atoms with Gasteiger partial charge in [-0.1, -0.05) is 41.3 Å². The van der Waals surface area contributed by atoms with Gasteiger partial charge in [-0.3, -0.25) is 0 Å². The van der Waals surface area contributed by atoms with Crippen LogP contribution in [0.5, 0.6) is 0 Å². The van der Waals surface area contributed by atoms with E-state index < -0.39 is 5.97 Å². The number of furan rings is 1. The molecule has 0 aliphatic rings. The highest BCUT2D eigenvalue weighted by Gasteiger charge is 2.09. The molecule has 0 fully saturated rings. The van der Waals surface area contributed by atoms with Gasteiger partial charge >= 0.3 is 5.97 Å². The molecule has 7 nitrogen and oxygen atoms in total. The molecule has 1 aromatic carbocycles. The number of ether oxygens (including phenoxy) is 1. The van der Waals surface area contributed by atoms with Crippen LogP contribution in [-0.4, -0.2) is 38.5 Å². The lowest BCUT2D eigenvalue weighted by Gasteiger charge is -2.02. The van der Waals surface area contributed by atoms with Crippen LogP contribution in [0.25, 0.3) is 5.69 Å². The van der Waals surface area contributed by atoms with E-state index in [1.807, 2.05) is 31.2 Å². The van der Waals surface area contributed by atoms with E-state index in [1.165, 1.54) is 29.7 Å². The molecule has 126 valence electrons. The van der Waals surface area contributed by atoms with Crippen molar-refractivity contribution in [3.8, 4) is 17.5 Å². The van der Waals surface area contributed by atoms with Crippen LogP contribution in [0.15, 0.2) is 52.2 Å². The van der Waals surface area contributed by atoms with Crippen molar-refractivity contribution in [2.24, 2.45) is 0 Å². The maximum absolute atomic E-state index is 11.5. The number of aryl methyl sites for hydroxylation is 1. The van der Waals surface area contributed by atoms with Crippen LogP contribution in [0.2, 0.25) is 0 Å². The van der Waals surface area contributed by atoms with Gasteiger partial charge in [0.2, 0.25) is 10.9 Å². The molecular weight excluding hydrogens is 340 g/mol. The van der Waals surface area contributed by atoms with Gasteiger partial charge in [0.05, 0.1) is 17.7 Å². The molecule has 0 N–H and O–H groups in total. The van der Waals surface area contributed by atoms with Crippen LogP contribution < -0.4 is 0 Å². The molecule has 0 saturated carbocycles. The summed E-state index contributed by atoms with van der Waals surface area (Å²) in [5, 5.41) is 12.3. The van der Waals surface area contributed by atoms with E-state index in [0.717, 1.165) is 5.69 Å². The van der Waals surface area contributed by atoms with Gasteiger partial charge in [-0.25, -0.2) is 4.79 Å². The molecule has 25 heavy (non-hydrogen) atoms. The largest absolute Gasteiger partial charge is 0.457 e. The Bertz CT molecular complexity index is 892. The number of aromatic nitrogens is 4. The van der Waals surface area contributed by atoms with Gasteiger partial charge in [-0.15, -0.1) is 5.10 Å². The predicted molar refractivity (Wildman–Crippen MR) is 91.4 cm³/mol. The zero-order valence-corrected chi connectivity index (χ0v) is 14.2. The Kier molecular flexibility index (Phi) is 5.49. The standard InChI is InChI=1S/C17H14N4O3S/c1-13-6-8-14(9-7-13)21-17(18-19-20-21)25-12-3-2-10-24-16(22)15-5-4-11-23-15/h4-9,11H,10,12H2,1H3. The highest BCUT2D eigenvalue weighted by Crippen LogP contribution is 2.17. The topological polar surface area (TPSA) is 83.0 Å². The summed E-state index contributed by atoms with van der Waals surface area (Å²) in [6, 6.07) is 11.1. The number of thioether (sulfide) groups is 1. The third kappa shape index (κ3) is 4.49. The highest BCUT2D eigenvalue weighted by atomic mass is 32.2. The number of hydrogen-bond donors (Lipinski definition) is 0. The van der Waals surface area contributed by atoms with Crippen molar-refractivity contribution in [1.82, 2.24) is 20.2 Å². The number of nitrogens with zero attached hydrogens (tertiary/aromatic N) is 4. The van der Waals surface area contributed by atoms with Gasteiger partial charge in [-0.05, 0) is 41.6 Å². The van der Waals surface area contributed by atoms with Crippen molar-refractivity contribution < 1.29 is 13.9 Å². The molecule has 2 heterocycles. The summed E-state index contributed by atoms with van der Waals surface area (Å²) in [5.41, 5.74) is 2.06. The van der Waals surface area contributed by atoms with Gasteiger partial charge in [0.25, 0.3) is 0 Å². The average molecular weight is 354 g/mol. The Hall–Kier alpha value is -3.05. The summed E-state index contributed by atoms with van der Waals surface area (Å²) >= 11 is 1.40. The fourth-order valence-electron chi connectivity index (χ4n) is 1.89. The van der Waals surface area contributed by atoms with Crippen LogP contribution in [-0.2, 0) is 4.74 Å². The van der Waals surface area contributed by atoms with Crippen molar-refractivity contribution >= 4 is 17.7 Å². The molecular formula is C17H14N4O3S. The SMILES string of the molecule is Cc1ccc(-n2nnnc2SCC#CCOC(=O)c2ccco2)cc1. The van der Waals surface area contributed by atoms with Gasteiger partial charge in [-0.2, -0.15) is 4.68 Å². The third-order valence-corrected chi connectivity index (χ3v) is 3.92. The second-order valence-electron chi connectivity index (χ2n) is 4.90. The third-order valence-electron chi connectivity index (χ3n) is 3.12. The van der Waals surface area contributed by atoms with Crippen molar-refractivity contribution in [2.75, 3.05) is 12.4 Å². The lowest BCUT2D eigenvalue weighted by molar-refractivity contribution is 0.0520. The maximum Gasteiger partial charge on any atom is 0.375 e. The Balaban J connectivity index is 1.50. The molecule has 0 bridgehead atoms. The van der Waals surface area contributed by atoms with Crippen molar-refractivity contribution in [1.29, 1.82) is 0 Å². The lowest BCUT2D eigenvalue weighted by Crippen LogP contribution is -2.03. The summed E-state index contributed by atoms with van der Waals surface area (Å²) in [7, 11) is 0. The minimum absolute atomic E-state index is 0.00297. The molecule has 8 heteroatoms. The number of benzene rings is 1. The highest BCUT2D eigenvalue weighted by molar-refractivity contribution is 7.99. The van der Waals surface area contributed by atoms with E-state index in [2.05, 4.69) is 27.4 Å². The molecule has 3 aromatic rings. The number of tetrazole rings is 1. The minimum atomic E-state index is -0.532. The summed E-state index contributed by atoms with van der Waals surface area (Å²) < 4.78 is 11.6. The Morgan fingerprint density at radius 1 is 1.28 bits per heavy atom. The molecule has 0 unspecified atom stereocenters. The zero-order valence-electron chi connectivity index (χ0n) is 13.4. The Labute approximate surface area is 148 Å². The molecule has 3 rings (SSSR count). The van der Waals surface area contributed by atoms with Crippen LogP contribution in [0.1, 0.15) is 16.1 Å². The molecule has 0 aliphatic carbocycles. The van der Waals surface area contributed by atoms with E-state index in [-0.39, 0.29) is 12.4 Å². The van der Waals surface area contributed by atoms with Crippen LogP contribution in [0, 0.1) is 18.8 Å². The van der Waals surface area contributed by atoms with Crippen LogP contribution >= 0.6 is 11.8 Å². The first kappa shape index (κ1) is 16.8. The minimum Gasteiger partial charge on any atom is -0.457 e. The van der Waals surface area contributed by atoms with Gasteiger partial charge in [0, 0.05) is 0 Å². The number of esters is 1. The normalized spacial score (nSPS) is 10.1. The molecule has 0 aliphatic heterocycles. The summed E-state index contributed by atoms with van der Waals surface area (Å²) in [4.78, 5) is 11.5. The Morgan fingerprint density at radius 2 is 2.12 bits per heavy atom. The van der Waals surface area contributed by atoms with Crippen LogP contribution in [0.4, 0.5) is 0 Å². The van der Waals surface area contributed by atoms with Gasteiger partial charge in [0.1, 0.15) is 0 Å². The summed E-state index contributed by atoms with van der Waals surface area (Å²) in [5.74, 6) is 5.79. The second-order valence-corrected chi connectivity index (χ2v) is 5.85. The number of carbonyl (C=O) groups is 1. The van der Waals surface area contributed by atoms with Crippen LogP contribution in [0.3, 0.4) is 0 Å². The maximum atomic E-state index is 11.5. The molecule has 0 atom stereocenters. The number of carbonyl (C=O) groups excluding carboxylic acids is 1. The molecule has 0 amide bonds. The quantitative estimate of drug-likeness (QED) is 0.395. The summed E-state index contributed by atoms with van der Waals surface area (Å²) in [6.45, 7) is 2.02. The molecule has 0 saturated heterocycles. The fourth-order valence-corrected chi connectivity index (χ4v) is 2.55. The first-order valence-electron chi connectivity index (χ1n) is 7.38. The van der Waals surface area contributed by atoms with E-state index in [9.17, 15) is 4.79 Å². The predicted octanol–water partition coefficient (Wildman–Crippen LogP) is 2.52. The number of rotatable bonds is 5.